The van der Waals surface area contributed by atoms with Crippen molar-refractivity contribution in [1.82, 2.24) is 0 Å². The van der Waals surface area contributed by atoms with Crippen molar-refractivity contribution in [3.05, 3.63) is 42.0 Å². The Morgan fingerprint density at radius 1 is 1.24 bits per heavy atom. The maximum absolute atomic E-state index is 10.7. The predicted molar refractivity (Wildman–Crippen MR) is 79.7 cm³/mol. The van der Waals surface area contributed by atoms with E-state index in [0.717, 1.165) is 22.4 Å². The van der Waals surface area contributed by atoms with Gasteiger partial charge in [0.25, 0.3) is 0 Å². The van der Waals surface area contributed by atoms with Crippen molar-refractivity contribution in [2.75, 3.05) is 21.0 Å². The van der Waals surface area contributed by atoms with Crippen LogP contribution in [-0.2, 0) is 9.53 Å². The second-order valence-electron chi connectivity index (χ2n) is 4.27. The summed E-state index contributed by atoms with van der Waals surface area (Å²) in [7, 11) is 3.08. The van der Waals surface area contributed by atoms with Gasteiger partial charge < -0.3 is 19.3 Å². The molecular formula is C16H16O5. The standard InChI is InChI=1S/C16H16O5/c1-19-10-21-16-13-6-4-3-5-12(13)11(7-8-15(17)18)9-14(16)20-2/h3-9H,10H2,1-2H3,(H,17,18)/b8-7+. The Morgan fingerprint density at radius 2 is 1.95 bits per heavy atom. The number of hydrogen-bond acceptors (Lipinski definition) is 4. The van der Waals surface area contributed by atoms with Crippen LogP contribution in [0.25, 0.3) is 16.8 Å². The summed E-state index contributed by atoms with van der Waals surface area (Å²) in [6.45, 7) is 0.102. The van der Waals surface area contributed by atoms with Crippen LogP contribution in [-0.4, -0.2) is 32.1 Å². The van der Waals surface area contributed by atoms with Crippen molar-refractivity contribution in [1.29, 1.82) is 0 Å². The fourth-order valence-electron chi connectivity index (χ4n) is 2.07. The number of ether oxygens (including phenoxy) is 3. The molecule has 0 radical (unpaired) electrons. The van der Waals surface area contributed by atoms with Crippen LogP contribution < -0.4 is 9.47 Å². The van der Waals surface area contributed by atoms with E-state index in [-0.39, 0.29) is 6.79 Å². The van der Waals surface area contributed by atoms with Gasteiger partial charge in [-0.05, 0) is 23.1 Å². The molecule has 0 saturated heterocycles. The largest absolute Gasteiger partial charge is 0.493 e. The summed E-state index contributed by atoms with van der Waals surface area (Å²) in [6, 6.07) is 9.29. The number of carbonyl (C=O) groups is 1. The van der Waals surface area contributed by atoms with E-state index >= 15 is 0 Å². The molecule has 2 aromatic rings. The monoisotopic (exact) mass is 288 g/mol. The molecule has 2 aromatic carbocycles. The molecule has 0 unspecified atom stereocenters. The molecule has 0 saturated carbocycles. The van der Waals surface area contributed by atoms with Crippen LogP contribution in [0.1, 0.15) is 5.56 Å². The molecule has 0 heterocycles. The number of fused-ring (bicyclic) bond motifs is 1. The minimum absolute atomic E-state index is 0.102. The maximum Gasteiger partial charge on any atom is 0.328 e. The lowest BCUT2D eigenvalue weighted by molar-refractivity contribution is -0.131. The first-order chi connectivity index (χ1) is 10.2. The second-order valence-corrected chi connectivity index (χ2v) is 4.27. The minimum Gasteiger partial charge on any atom is -0.493 e. The van der Waals surface area contributed by atoms with Gasteiger partial charge in [-0.2, -0.15) is 0 Å². The van der Waals surface area contributed by atoms with E-state index in [0.29, 0.717) is 11.5 Å². The normalized spacial score (nSPS) is 11.0. The van der Waals surface area contributed by atoms with E-state index in [1.54, 1.807) is 13.2 Å². The molecule has 0 fully saturated rings. The number of carboxylic acid groups (broad SMARTS) is 1. The number of hydrogen-bond donors (Lipinski definition) is 1. The van der Waals surface area contributed by atoms with E-state index in [1.165, 1.54) is 13.2 Å². The van der Waals surface area contributed by atoms with Gasteiger partial charge in [-0.3, -0.25) is 0 Å². The van der Waals surface area contributed by atoms with E-state index in [9.17, 15) is 4.79 Å². The van der Waals surface area contributed by atoms with Gasteiger partial charge in [-0.1, -0.05) is 24.3 Å². The quantitative estimate of drug-likeness (QED) is 0.654. The van der Waals surface area contributed by atoms with Crippen LogP contribution in [0.5, 0.6) is 11.5 Å². The Labute approximate surface area is 122 Å². The summed E-state index contributed by atoms with van der Waals surface area (Å²) in [5.41, 5.74) is 0.745. The van der Waals surface area contributed by atoms with Crippen LogP contribution >= 0.6 is 0 Å². The molecule has 0 bridgehead atoms. The molecule has 5 nitrogen and oxygen atoms in total. The van der Waals surface area contributed by atoms with Gasteiger partial charge in [-0.25, -0.2) is 4.79 Å². The van der Waals surface area contributed by atoms with Gasteiger partial charge in [0.15, 0.2) is 18.3 Å². The van der Waals surface area contributed by atoms with E-state index in [1.807, 2.05) is 24.3 Å². The average Bonchev–Trinajstić information content (AvgIpc) is 2.50. The first-order valence-corrected chi connectivity index (χ1v) is 6.30. The molecule has 110 valence electrons. The molecule has 0 aliphatic rings. The molecule has 0 spiro atoms. The first kappa shape index (κ1) is 14.9. The van der Waals surface area contributed by atoms with Gasteiger partial charge in [0.05, 0.1) is 7.11 Å². The zero-order valence-corrected chi connectivity index (χ0v) is 11.8. The Balaban J connectivity index is 2.64. The summed E-state index contributed by atoms with van der Waals surface area (Å²) < 4.78 is 15.9. The third-order valence-electron chi connectivity index (χ3n) is 2.94. The lowest BCUT2D eigenvalue weighted by Gasteiger charge is -2.14. The average molecular weight is 288 g/mol. The summed E-state index contributed by atoms with van der Waals surface area (Å²) in [6.07, 6.45) is 2.63. The second kappa shape index (κ2) is 6.76. The molecule has 0 aliphatic heterocycles. The highest BCUT2D eigenvalue weighted by molar-refractivity contribution is 5.99. The topological polar surface area (TPSA) is 65.0 Å². The lowest BCUT2D eigenvalue weighted by atomic mass is 10.0. The first-order valence-electron chi connectivity index (χ1n) is 6.30. The van der Waals surface area contributed by atoms with Crippen molar-refractivity contribution in [3.63, 3.8) is 0 Å². The third kappa shape index (κ3) is 3.32. The molecule has 5 heteroatoms. The molecule has 0 amide bonds. The van der Waals surface area contributed by atoms with Gasteiger partial charge >= 0.3 is 5.97 Å². The summed E-state index contributed by atoms with van der Waals surface area (Å²) in [4.78, 5) is 10.7. The molecule has 1 N–H and O–H groups in total. The Morgan fingerprint density at radius 3 is 2.57 bits per heavy atom. The number of benzene rings is 2. The van der Waals surface area contributed by atoms with Crippen molar-refractivity contribution < 1.29 is 24.1 Å². The van der Waals surface area contributed by atoms with Crippen LogP contribution in [0, 0.1) is 0 Å². The molecule has 0 aromatic heterocycles. The Bertz CT molecular complexity index is 676. The third-order valence-corrected chi connectivity index (χ3v) is 2.94. The van der Waals surface area contributed by atoms with Gasteiger partial charge in [0, 0.05) is 18.6 Å². The van der Waals surface area contributed by atoms with Crippen molar-refractivity contribution in [3.8, 4) is 11.5 Å². The van der Waals surface area contributed by atoms with Gasteiger partial charge in [0.1, 0.15) is 0 Å². The lowest BCUT2D eigenvalue weighted by Crippen LogP contribution is -2.02. The predicted octanol–water partition coefficient (Wildman–Crippen LogP) is 2.93. The molecule has 0 aliphatic carbocycles. The van der Waals surface area contributed by atoms with Crippen LogP contribution in [0.15, 0.2) is 36.4 Å². The summed E-state index contributed by atoms with van der Waals surface area (Å²) in [5.74, 6) is 0.0935. The smallest absolute Gasteiger partial charge is 0.328 e. The number of aliphatic carboxylic acids is 1. The fraction of sp³-hybridized carbons (Fsp3) is 0.188. The Hall–Kier alpha value is -2.53. The molecular weight excluding hydrogens is 272 g/mol. The van der Waals surface area contributed by atoms with E-state index < -0.39 is 5.97 Å². The summed E-state index contributed by atoms with van der Waals surface area (Å²) in [5, 5.41) is 10.5. The number of rotatable bonds is 6. The van der Waals surface area contributed by atoms with Gasteiger partial charge in [0.2, 0.25) is 0 Å². The molecule has 0 atom stereocenters. The molecule has 21 heavy (non-hydrogen) atoms. The van der Waals surface area contributed by atoms with Crippen LogP contribution in [0.4, 0.5) is 0 Å². The number of carboxylic acids is 1. The fourth-order valence-corrected chi connectivity index (χ4v) is 2.07. The van der Waals surface area contributed by atoms with E-state index in [2.05, 4.69) is 0 Å². The zero-order valence-electron chi connectivity index (χ0n) is 11.8. The van der Waals surface area contributed by atoms with Crippen molar-refractivity contribution in [2.45, 2.75) is 0 Å². The highest BCUT2D eigenvalue weighted by Crippen LogP contribution is 2.38. The highest BCUT2D eigenvalue weighted by atomic mass is 16.7. The molecule has 2 rings (SSSR count). The van der Waals surface area contributed by atoms with Crippen LogP contribution in [0.2, 0.25) is 0 Å². The Kier molecular flexibility index (Phi) is 4.79. The van der Waals surface area contributed by atoms with Crippen molar-refractivity contribution in [2.24, 2.45) is 0 Å². The number of methoxy groups -OCH3 is 2. The van der Waals surface area contributed by atoms with E-state index in [4.69, 9.17) is 19.3 Å². The summed E-state index contributed by atoms with van der Waals surface area (Å²) >= 11 is 0. The van der Waals surface area contributed by atoms with Gasteiger partial charge in [-0.15, -0.1) is 0 Å². The van der Waals surface area contributed by atoms with Crippen molar-refractivity contribution >= 4 is 22.8 Å². The van der Waals surface area contributed by atoms with Crippen LogP contribution in [0.3, 0.4) is 0 Å². The zero-order chi connectivity index (χ0) is 15.2. The SMILES string of the molecule is COCOc1c(OC)cc(/C=C/C(=O)O)c2ccccc12. The highest BCUT2D eigenvalue weighted by Gasteiger charge is 2.13. The minimum atomic E-state index is -1.00. The maximum atomic E-state index is 10.7.